The predicted octanol–water partition coefficient (Wildman–Crippen LogP) is 4.25. The third kappa shape index (κ3) is 3.17. The molecule has 1 N–H and O–H groups in total. The molecule has 0 fully saturated rings. The molecule has 5 nitrogen and oxygen atoms in total. The zero-order valence-corrected chi connectivity index (χ0v) is 13.3. The number of hydrogen-bond acceptors (Lipinski definition) is 4. The minimum absolute atomic E-state index is 0.0320. The van der Waals surface area contributed by atoms with Crippen LogP contribution in [0.1, 0.15) is 36.0 Å². The molecule has 122 valence electrons. The van der Waals surface area contributed by atoms with Crippen LogP contribution >= 0.6 is 0 Å². The van der Waals surface area contributed by atoms with E-state index in [0.29, 0.717) is 5.69 Å². The van der Waals surface area contributed by atoms with Crippen LogP contribution in [0.25, 0.3) is 11.5 Å². The van der Waals surface area contributed by atoms with Gasteiger partial charge in [-0.25, -0.2) is 4.39 Å². The second-order valence-electron chi connectivity index (χ2n) is 5.59. The Labute approximate surface area is 138 Å². The van der Waals surface area contributed by atoms with Gasteiger partial charge in [0.15, 0.2) is 0 Å². The second kappa shape index (κ2) is 6.62. The molecule has 0 unspecified atom stereocenters. The second-order valence-corrected chi connectivity index (χ2v) is 5.59. The molecular formula is C18H16FN3O2. The highest BCUT2D eigenvalue weighted by Gasteiger charge is 2.19. The Kier molecular flexibility index (Phi) is 4.37. The van der Waals surface area contributed by atoms with E-state index in [0.717, 1.165) is 5.56 Å². The van der Waals surface area contributed by atoms with Gasteiger partial charge in [-0.3, -0.25) is 4.79 Å². The van der Waals surface area contributed by atoms with E-state index in [2.05, 4.69) is 15.5 Å². The van der Waals surface area contributed by atoms with Crippen molar-refractivity contribution in [3.05, 3.63) is 65.8 Å². The molecule has 1 heterocycles. The van der Waals surface area contributed by atoms with Crippen LogP contribution < -0.4 is 5.32 Å². The van der Waals surface area contributed by atoms with E-state index >= 15 is 0 Å². The molecule has 0 aliphatic heterocycles. The lowest BCUT2D eigenvalue weighted by atomic mass is 10.0. The molecule has 6 heteroatoms. The number of carbonyl (C=O) groups excluding carboxylic acids is 1. The molecule has 0 bridgehead atoms. The first-order valence-corrected chi connectivity index (χ1v) is 7.55. The lowest BCUT2D eigenvalue weighted by molar-refractivity contribution is 0.0990. The standard InChI is InChI=1S/C18H16FN3O2/c1-11(2)12-7-4-6-10-15(12)20-16(23)18-22-21-17(24-18)13-8-3-5-9-14(13)19/h3-11H,1-2H3,(H,20,23). The van der Waals surface area contributed by atoms with Crippen LogP contribution in [0.3, 0.4) is 0 Å². The Morgan fingerprint density at radius 2 is 1.79 bits per heavy atom. The highest BCUT2D eigenvalue weighted by Crippen LogP contribution is 2.25. The molecule has 0 aliphatic carbocycles. The summed E-state index contributed by atoms with van der Waals surface area (Å²) in [7, 11) is 0. The summed E-state index contributed by atoms with van der Waals surface area (Å²) in [5.41, 5.74) is 1.84. The summed E-state index contributed by atoms with van der Waals surface area (Å²) in [6, 6.07) is 13.5. The maximum absolute atomic E-state index is 13.7. The Hall–Kier alpha value is -3.02. The lowest BCUT2D eigenvalue weighted by Gasteiger charge is -2.12. The first-order valence-electron chi connectivity index (χ1n) is 7.55. The number of amides is 1. The molecule has 2 aromatic carbocycles. The smallest absolute Gasteiger partial charge is 0.313 e. The summed E-state index contributed by atoms with van der Waals surface area (Å²) in [6.07, 6.45) is 0. The lowest BCUT2D eigenvalue weighted by Crippen LogP contribution is -2.14. The van der Waals surface area contributed by atoms with Gasteiger partial charge in [0.1, 0.15) is 5.82 Å². The third-order valence-electron chi connectivity index (χ3n) is 3.55. The Morgan fingerprint density at radius 1 is 1.08 bits per heavy atom. The highest BCUT2D eigenvalue weighted by atomic mass is 19.1. The Balaban J connectivity index is 1.84. The van der Waals surface area contributed by atoms with Crippen molar-refractivity contribution in [2.45, 2.75) is 19.8 Å². The molecule has 3 rings (SSSR count). The van der Waals surface area contributed by atoms with Gasteiger partial charge < -0.3 is 9.73 Å². The molecule has 24 heavy (non-hydrogen) atoms. The minimum Gasteiger partial charge on any atom is -0.412 e. The number of aromatic nitrogens is 2. The summed E-state index contributed by atoms with van der Waals surface area (Å²) >= 11 is 0. The van der Waals surface area contributed by atoms with Crippen molar-refractivity contribution in [2.24, 2.45) is 0 Å². The number of nitrogens with one attached hydrogen (secondary N) is 1. The number of anilines is 1. The molecule has 0 radical (unpaired) electrons. The number of para-hydroxylation sites is 1. The van der Waals surface area contributed by atoms with Crippen molar-refractivity contribution in [3.8, 4) is 11.5 Å². The van der Waals surface area contributed by atoms with Gasteiger partial charge in [0.2, 0.25) is 0 Å². The monoisotopic (exact) mass is 325 g/mol. The van der Waals surface area contributed by atoms with Crippen LogP contribution in [0, 0.1) is 5.82 Å². The van der Waals surface area contributed by atoms with Crippen molar-refractivity contribution < 1.29 is 13.6 Å². The molecule has 0 atom stereocenters. The van der Waals surface area contributed by atoms with E-state index < -0.39 is 11.7 Å². The summed E-state index contributed by atoms with van der Waals surface area (Å²) in [4.78, 5) is 12.3. The number of benzene rings is 2. The van der Waals surface area contributed by atoms with Crippen molar-refractivity contribution in [3.63, 3.8) is 0 Å². The van der Waals surface area contributed by atoms with Gasteiger partial charge in [-0.05, 0) is 29.7 Å². The molecule has 0 saturated heterocycles. The quantitative estimate of drug-likeness (QED) is 0.778. The number of hydrogen-bond donors (Lipinski definition) is 1. The normalized spacial score (nSPS) is 10.8. The van der Waals surface area contributed by atoms with Crippen LogP contribution in [0.4, 0.5) is 10.1 Å². The van der Waals surface area contributed by atoms with E-state index in [1.165, 1.54) is 12.1 Å². The number of carbonyl (C=O) groups is 1. The summed E-state index contributed by atoms with van der Waals surface area (Å²) in [5.74, 6) is -1.02. The van der Waals surface area contributed by atoms with Gasteiger partial charge in [-0.15, -0.1) is 10.2 Å². The molecule has 0 saturated carbocycles. The van der Waals surface area contributed by atoms with Gasteiger partial charge >= 0.3 is 11.8 Å². The van der Waals surface area contributed by atoms with Gasteiger partial charge in [-0.2, -0.15) is 0 Å². The van der Waals surface area contributed by atoms with E-state index in [9.17, 15) is 9.18 Å². The molecule has 0 spiro atoms. The van der Waals surface area contributed by atoms with Crippen LogP contribution in [0.15, 0.2) is 52.9 Å². The fourth-order valence-corrected chi connectivity index (χ4v) is 2.35. The molecule has 1 amide bonds. The van der Waals surface area contributed by atoms with Crippen molar-refractivity contribution in [1.82, 2.24) is 10.2 Å². The largest absolute Gasteiger partial charge is 0.412 e. The number of nitrogens with zero attached hydrogens (tertiary/aromatic N) is 2. The average molecular weight is 325 g/mol. The van der Waals surface area contributed by atoms with E-state index in [-0.39, 0.29) is 23.3 Å². The maximum atomic E-state index is 13.7. The average Bonchev–Trinajstić information content (AvgIpc) is 3.05. The van der Waals surface area contributed by atoms with Crippen molar-refractivity contribution in [1.29, 1.82) is 0 Å². The van der Waals surface area contributed by atoms with E-state index in [1.54, 1.807) is 18.2 Å². The fraction of sp³-hybridized carbons (Fsp3) is 0.167. The zero-order chi connectivity index (χ0) is 17.1. The summed E-state index contributed by atoms with van der Waals surface area (Å²) < 4.78 is 19.1. The summed E-state index contributed by atoms with van der Waals surface area (Å²) in [5, 5.41) is 10.2. The summed E-state index contributed by atoms with van der Waals surface area (Å²) in [6.45, 7) is 4.07. The third-order valence-corrected chi connectivity index (χ3v) is 3.55. The minimum atomic E-state index is -0.529. The van der Waals surface area contributed by atoms with Gasteiger partial charge in [-0.1, -0.05) is 44.2 Å². The Bertz CT molecular complexity index is 874. The zero-order valence-electron chi connectivity index (χ0n) is 13.3. The van der Waals surface area contributed by atoms with Crippen LogP contribution in [0.2, 0.25) is 0 Å². The van der Waals surface area contributed by atoms with Crippen LogP contribution in [0.5, 0.6) is 0 Å². The van der Waals surface area contributed by atoms with Crippen molar-refractivity contribution in [2.75, 3.05) is 5.32 Å². The highest BCUT2D eigenvalue weighted by molar-refractivity contribution is 6.01. The Morgan fingerprint density at radius 3 is 2.54 bits per heavy atom. The van der Waals surface area contributed by atoms with E-state index in [4.69, 9.17) is 4.42 Å². The first kappa shape index (κ1) is 15.9. The fourth-order valence-electron chi connectivity index (χ4n) is 2.35. The maximum Gasteiger partial charge on any atom is 0.313 e. The van der Waals surface area contributed by atoms with E-state index in [1.807, 2.05) is 32.0 Å². The SMILES string of the molecule is CC(C)c1ccccc1NC(=O)c1nnc(-c2ccccc2F)o1. The van der Waals surface area contributed by atoms with Gasteiger partial charge in [0.05, 0.1) is 5.56 Å². The van der Waals surface area contributed by atoms with Crippen LogP contribution in [-0.2, 0) is 0 Å². The number of halogens is 1. The molecule has 0 aliphatic rings. The molecule has 3 aromatic rings. The predicted molar refractivity (Wildman–Crippen MR) is 88.2 cm³/mol. The topological polar surface area (TPSA) is 68.0 Å². The number of rotatable bonds is 4. The first-order chi connectivity index (χ1) is 11.6. The molecular weight excluding hydrogens is 309 g/mol. The van der Waals surface area contributed by atoms with Crippen molar-refractivity contribution >= 4 is 11.6 Å². The van der Waals surface area contributed by atoms with Gasteiger partial charge in [0.25, 0.3) is 5.89 Å². The van der Waals surface area contributed by atoms with Gasteiger partial charge in [0, 0.05) is 5.69 Å². The molecule has 1 aromatic heterocycles. The van der Waals surface area contributed by atoms with Crippen LogP contribution in [-0.4, -0.2) is 16.1 Å².